The van der Waals surface area contributed by atoms with Crippen molar-refractivity contribution in [3.63, 3.8) is 0 Å². The van der Waals surface area contributed by atoms with E-state index in [1.165, 1.54) is 16.5 Å². The van der Waals surface area contributed by atoms with Gasteiger partial charge in [-0.1, -0.05) is 66.7 Å². The Hall–Kier alpha value is -3.33. The van der Waals surface area contributed by atoms with Crippen LogP contribution in [0.15, 0.2) is 78.9 Å². The number of carbonyl (C=O) groups is 1. The quantitative estimate of drug-likeness (QED) is 0.525. The van der Waals surface area contributed by atoms with Gasteiger partial charge < -0.3 is 9.88 Å². The number of aromatic amines is 1. The molecule has 3 heteroatoms. The van der Waals surface area contributed by atoms with Crippen LogP contribution in [-0.2, 0) is 6.42 Å². The highest BCUT2D eigenvalue weighted by Crippen LogP contribution is 2.40. The van der Waals surface area contributed by atoms with Crippen LogP contribution in [0.4, 0.5) is 0 Å². The van der Waals surface area contributed by atoms with Crippen molar-refractivity contribution in [1.82, 2.24) is 9.88 Å². The second kappa shape index (κ2) is 6.68. The molecule has 28 heavy (non-hydrogen) atoms. The van der Waals surface area contributed by atoms with Crippen molar-refractivity contribution in [3.05, 3.63) is 107 Å². The number of carbonyl (C=O) groups excluding carboxylic acids is 1. The van der Waals surface area contributed by atoms with Crippen LogP contribution in [0.3, 0.4) is 0 Å². The third-order valence-electron chi connectivity index (χ3n) is 5.82. The molecule has 0 radical (unpaired) electrons. The van der Waals surface area contributed by atoms with Gasteiger partial charge in [0.2, 0.25) is 0 Å². The Morgan fingerprint density at radius 2 is 1.61 bits per heavy atom. The molecule has 1 aromatic heterocycles. The van der Waals surface area contributed by atoms with Crippen molar-refractivity contribution in [1.29, 1.82) is 0 Å². The summed E-state index contributed by atoms with van der Waals surface area (Å²) in [6.07, 6.45) is 0.844. The monoisotopic (exact) mass is 366 g/mol. The number of aryl methyl sites for hydroxylation is 1. The number of hydrogen-bond acceptors (Lipinski definition) is 1. The largest absolute Gasteiger partial charge is 0.356 e. The molecule has 0 saturated carbocycles. The lowest BCUT2D eigenvalue weighted by atomic mass is 9.99. The third-order valence-corrected chi connectivity index (χ3v) is 5.82. The first-order chi connectivity index (χ1) is 13.7. The fourth-order valence-corrected chi connectivity index (χ4v) is 4.38. The lowest BCUT2D eigenvalue weighted by Crippen LogP contribution is -2.31. The molecular formula is C25H22N2O. The summed E-state index contributed by atoms with van der Waals surface area (Å²) in [5, 5.41) is 1.22. The van der Waals surface area contributed by atoms with Crippen LogP contribution < -0.4 is 0 Å². The van der Waals surface area contributed by atoms with E-state index in [9.17, 15) is 4.79 Å². The Kier molecular flexibility index (Phi) is 4.01. The average Bonchev–Trinajstić information content (AvgIpc) is 3.22. The predicted molar refractivity (Wildman–Crippen MR) is 113 cm³/mol. The van der Waals surface area contributed by atoms with E-state index in [-0.39, 0.29) is 11.9 Å². The number of amides is 1. The summed E-state index contributed by atoms with van der Waals surface area (Å²) in [4.78, 5) is 18.9. The second-order valence-electron chi connectivity index (χ2n) is 7.43. The molecule has 3 nitrogen and oxygen atoms in total. The van der Waals surface area contributed by atoms with Crippen molar-refractivity contribution in [2.45, 2.75) is 19.4 Å². The van der Waals surface area contributed by atoms with E-state index in [1.54, 1.807) is 0 Å². The summed E-state index contributed by atoms with van der Waals surface area (Å²) in [6.45, 7) is 2.84. The molecule has 0 aliphatic carbocycles. The number of fused-ring (bicyclic) bond motifs is 2. The standard InChI is InChI=1S/C25H22N2O/c1-17-19-11-7-8-14-22(19)26-23(17)24-20-12-5-6-13-21(20)25(28)27(24)16-15-18-9-3-2-4-10-18/h2-14,24,26H,15-16H2,1H3/t24-/m0/s1. The van der Waals surface area contributed by atoms with Gasteiger partial charge in [0.25, 0.3) is 5.91 Å². The van der Waals surface area contributed by atoms with Crippen LogP contribution in [0.1, 0.15) is 38.8 Å². The zero-order valence-electron chi connectivity index (χ0n) is 15.9. The van der Waals surface area contributed by atoms with Gasteiger partial charge in [0.05, 0.1) is 6.04 Å². The van der Waals surface area contributed by atoms with E-state index in [0.29, 0.717) is 6.54 Å². The van der Waals surface area contributed by atoms with Crippen molar-refractivity contribution >= 4 is 16.8 Å². The van der Waals surface area contributed by atoms with Gasteiger partial charge in [-0.25, -0.2) is 0 Å². The van der Waals surface area contributed by atoms with Crippen molar-refractivity contribution < 1.29 is 4.79 Å². The molecule has 1 N–H and O–H groups in total. The molecule has 1 aliphatic heterocycles. The van der Waals surface area contributed by atoms with E-state index >= 15 is 0 Å². The Labute approximate surface area is 164 Å². The molecule has 1 amide bonds. The molecule has 2 heterocycles. The van der Waals surface area contributed by atoms with E-state index in [2.05, 4.69) is 60.4 Å². The fraction of sp³-hybridized carbons (Fsp3) is 0.160. The van der Waals surface area contributed by atoms with Gasteiger partial charge in [-0.3, -0.25) is 4.79 Å². The molecule has 0 spiro atoms. The SMILES string of the molecule is Cc1c([C@@H]2c3ccccc3C(=O)N2CCc2ccccc2)[nH]c2ccccc12. The highest BCUT2D eigenvalue weighted by atomic mass is 16.2. The van der Waals surface area contributed by atoms with Crippen LogP contribution in [0, 0.1) is 6.92 Å². The molecule has 1 atom stereocenters. The molecule has 1 aliphatic rings. The van der Waals surface area contributed by atoms with E-state index in [1.807, 2.05) is 35.2 Å². The molecular weight excluding hydrogens is 344 g/mol. The van der Waals surface area contributed by atoms with Gasteiger partial charge in [-0.05, 0) is 42.2 Å². The summed E-state index contributed by atoms with van der Waals surface area (Å²) < 4.78 is 0. The number of H-pyrrole nitrogens is 1. The topological polar surface area (TPSA) is 36.1 Å². The van der Waals surface area contributed by atoms with E-state index < -0.39 is 0 Å². The number of nitrogens with zero attached hydrogens (tertiary/aromatic N) is 1. The Morgan fingerprint density at radius 3 is 2.43 bits per heavy atom. The molecule has 5 rings (SSSR count). The maximum atomic E-state index is 13.2. The number of nitrogens with one attached hydrogen (secondary N) is 1. The Bertz CT molecular complexity index is 1160. The van der Waals surface area contributed by atoms with Crippen molar-refractivity contribution in [2.75, 3.05) is 6.54 Å². The maximum absolute atomic E-state index is 13.2. The summed E-state index contributed by atoms with van der Waals surface area (Å²) in [6, 6.07) is 26.7. The van der Waals surface area contributed by atoms with E-state index in [0.717, 1.165) is 28.8 Å². The summed E-state index contributed by atoms with van der Waals surface area (Å²) >= 11 is 0. The molecule has 4 aromatic rings. The first-order valence-corrected chi connectivity index (χ1v) is 9.75. The van der Waals surface area contributed by atoms with Gasteiger partial charge in [0.15, 0.2) is 0 Å². The Morgan fingerprint density at radius 1 is 0.893 bits per heavy atom. The normalized spacial score (nSPS) is 16.0. The fourth-order valence-electron chi connectivity index (χ4n) is 4.38. The minimum atomic E-state index is -0.0696. The average molecular weight is 366 g/mol. The smallest absolute Gasteiger partial charge is 0.255 e. The van der Waals surface area contributed by atoms with Gasteiger partial charge in [0.1, 0.15) is 0 Å². The summed E-state index contributed by atoms with van der Waals surface area (Å²) in [5.41, 5.74) is 6.62. The molecule has 3 aromatic carbocycles. The molecule has 0 bridgehead atoms. The minimum Gasteiger partial charge on any atom is -0.356 e. The van der Waals surface area contributed by atoms with E-state index in [4.69, 9.17) is 0 Å². The van der Waals surface area contributed by atoms with Gasteiger partial charge in [-0.15, -0.1) is 0 Å². The van der Waals surface area contributed by atoms with Crippen LogP contribution in [0.5, 0.6) is 0 Å². The lowest BCUT2D eigenvalue weighted by Gasteiger charge is -2.25. The van der Waals surface area contributed by atoms with Gasteiger partial charge in [-0.2, -0.15) is 0 Å². The van der Waals surface area contributed by atoms with Crippen molar-refractivity contribution in [3.8, 4) is 0 Å². The van der Waals surface area contributed by atoms with Crippen LogP contribution >= 0.6 is 0 Å². The number of hydrogen-bond donors (Lipinski definition) is 1. The highest BCUT2D eigenvalue weighted by molar-refractivity contribution is 6.00. The summed E-state index contributed by atoms with van der Waals surface area (Å²) in [7, 11) is 0. The molecule has 138 valence electrons. The Balaban J connectivity index is 1.59. The first kappa shape index (κ1) is 16.8. The van der Waals surface area contributed by atoms with Crippen LogP contribution in [-0.4, -0.2) is 22.3 Å². The summed E-state index contributed by atoms with van der Waals surface area (Å²) in [5.74, 6) is 0.120. The zero-order chi connectivity index (χ0) is 19.1. The van der Waals surface area contributed by atoms with Crippen molar-refractivity contribution in [2.24, 2.45) is 0 Å². The number of rotatable bonds is 4. The lowest BCUT2D eigenvalue weighted by molar-refractivity contribution is 0.0749. The third kappa shape index (κ3) is 2.63. The molecule has 0 fully saturated rings. The van der Waals surface area contributed by atoms with Crippen LogP contribution in [0.25, 0.3) is 10.9 Å². The highest BCUT2D eigenvalue weighted by Gasteiger charge is 2.38. The minimum absolute atomic E-state index is 0.0696. The number of aromatic nitrogens is 1. The number of para-hydroxylation sites is 1. The number of benzene rings is 3. The zero-order valence-corrected chi connectivity index (χ0v) is 15.9. The second-order valence-corrected chi connectivity index (χ2v) is 7.43. The van der Waals surface area contributed by atoms with Crippen LogP contribution in [0.2, 0.25) is 0 Å². The molecule has 0 unspecified atom stereocenters. The predicted octanol–water partition coefficient (Wildman–Crippen LogP) is 5.26. The maximum Gasteiger partial charge on any atom is 0.255 e. The van der Waals surface area contributed by atoms with Gasteiger partial charge in [0, 0.05) is 28.7 Å². The first-order valence-electron chi connectivity index (χ1n) is 9.75. The molecule has 0 saturated heterocycles. The van der Waals surface area contributed by atoms with Gasteiger partial charge >= 0.3 is 0 Å².